The third-order valence-electron chi connectivity index (χ3n) is 1.76. The van der Waals surface area contributed by atoms with Crippen LogP contribution in [0.5, 0.6) is 0 Å². The van der Waals surface area contributed by atoms with Crippen molar-refractivity contribution in [2.45, 2.75) is 19.8 Å². The smallest absolute Gasteiger partial charge is 0.168 e. The van der Waals surface area contributed by atoms with Gasteiger partial charge in [0, 0.05) is 18.6 Å². The Labute approximate surface area is 79.5 Å². The van der Waals surface area contributed by atoms with Gasteiger partial charge in [-0.2, -0.15) is 0 Å². The van der Waals surface area contributed by atoms with E-state index in [9.17, 15) is 18.0 Å². The van der Waals surface area contributed by atoms with Crippen molar-refractivity contribution in [3.05, 3.63) is 35.1 Å². The lowest BCUT2D eigenvalue weighted by molar-refractivity contribution is 0.0973. The number of halogens is 3. The molecule has 0 spiro atoms. The van der Waals surface area contributed by atoms with Gasteiger partial charge in [0.05, 0.1) is 5.56 Å². The molecule has 0 heterocycles. The minimum atomic E-state index is -1.14. The number of carbonyl (C=O) groups is 1. The van der Waals surface area contributed by atoms with E-state index in [-0.39, 0.29) is 6.42 Å². The molecule has 0 aliphatic rings. The fourth-order valence-corrected chi connectivity index (χ4v) is 1.16. The highest BCUT2D eigenvalue weighted by Crippen LogP contribution is 2.16. The van der Waals surface area contributed by atoms with E-state index in [4.69, 9.17) is 0 Å². The molecule has 0 saturated heterocycles. The molecule has 0 unspecified atom stereocenters. The maximum atomic E-state index is 13.0. The van der Waals surface area contributed by atoms with Crippen LogP contribution in [0.1, 0.15) is 30.1 Å². The van der Waals surface area contributed by atoms with E-state index in [1.54, 1.807) is 6.92 Å². The van der Waals surface area contributed by atoms with E-state index in [0.717, 1.165) is 0 Å². The Morgan fingerprint density at radius 1 is 1.21 bits per heavy atom. The highest BCUT2D eigenvalue weighted by Gasteiger charge is 2.17. The van der Waals surface area contributed by atoms with Crippen molar-refractivity contribution in [1.29, 1.82) is 0 Å². The SMILES string of the molecule is CCCC(=O)c1c(F)cc(F)cc1F. The summed E-state index contributed by atoms with van der Waals surface area (Å²) in [5.74, 6) is -3.93. The Hall–Kier alpha value is -1.32. The van der Waals surface area contributed by atoms with Gasteiger partial charge in [-0.15, -0.1) is 0 Å². The van der Waals surface area contributed by atoms with Crippen molar-refractivity contribution >= 4 is 5.78 Å². The van der Waals surface area contributed by atoms with E-state index >= 15 is 0 Å². The van der Waals surface area contributed by atoms with Crippen LogP contribution >= 0.6 is 0 Å². The first-order chi connectivity index (χ1) is 6.56. The van der Waals surface area contributed by atoms with Crippen LogP contribution in [0, 0.1) is 17.5 Å². The van der Waals surface area contributed by atoms with Crippen LogP contribution in [0.4, 0.5) is 13.2 Å². The lowest BCUT2D eigenvalue weighted by Crippen LogP contribution is -2.06. The zero-order valence-electron chi connectivity index (χ0n) is 7.61. The molecular formula is C10H9F3O. The number of hydrogen-bond acceptors (Lipinski definition) is 1. The second kappa shape index (κ2) is 4.26. The lowest BCUT2D eigenvalue weighted by atomic mass is 10.1. The molecule has 1 aromatic rings. The van der Waals surface area contributed by atoms with Gasteiger partial charge in [-0.3, -0.25) is 4.79 Å². The molecule has 0 N–H and O–H groups in total. The van der Waals surface area contributed by atoms with E-state index in [2.05, 4.69) is 0 Å². The van der Waals surface area contributed by atoms with Crippen molar-refractivity contribution in [3.8, 4) is 0 Å². The lowest BCUT2D eigenvalue weighted by Gasteiger charge is -2.02. The minimum Gasteiger partial charge on any atom is -0.294 e. The number of Topliss-reactive ketones (excluding diaryl/α,β-unsaturated/α-hetero) is 1. The highest BCUT2D eigenvalue weighted by molar-refractivity contribution is 5.96. The second-order valence-electron chi connectivity index (χ2n) is 2.92. The first-order valence-corrected chi connectivity index (χ1v) is 4.24. The Balaban J connectivity index is 3.14. The second-order valence-corrected chi connectivity index (χ2v) is 2.92. The van der Waals surface area contributed by atoms with Crippen LogP contribution in [0.25, 0.3) is 0 Å². The molecule has 1 nitrogen and oxygen atoms in total. The van der Waals surface area contributed by atoms with Crippen molar-refractivity contribution < 1.29 is 18.0 Å². The molecule has 1 aromatic carbocycles. The normalized spacial score (nSPS) is 10.3. The van der Waals surface area contributed by atoms with Crippen molar-refractivity contribution in [2.24, 2.45) is 0 Å². The van der Waals surface area contributed by atoms with Crippen molar-refractivity contribution in [2.75, 3.05) is 0 Å². The molecule has 76 valence electrons. The zero-order chi connectivity index (χ0) is 10.7. The fourth-order valence-electron chi connectivity index (χ4n) is 1.16. The molecular weight excluding hydrogens is 193 g/mol. The van der Waals surface area contributed by atoms with Gasteiger partial charge >= 0.3 is 0 Å². The summed E-state index contributed by atoms with van der Waals surface area (Å²) < 4.78 is 38.4. The summed E-state index contributed by atoms with van der Waals surface area (Å²) in [5, 5.41) is 0. The number of carbonyl (C=O) groups excluding carboxylic acids is 1. The first-order valence-electron chi connectivity index (χ1n) is 4.24. The van der Waals surface area contributed by atoms with Crippen LogP contribution in [0.2, 0.25) is 0 Å². The van der Waals surface area contributed by atoms with E-state index in [0.29, 0.717) is 18.6 Å². The summed E-state index contributed by atoms with van der Waals surface area (Å²) in [6.45, 7) is 1.72. The Bertz CT molecular complexity index is 337. The van der Waals surface area contributed by atoms with E-state index in [1.807, 2.05) is 0 Å². The predicted molar refractivity (Wildman–Crippen MR) is 45.6 cm³/mol. The quantitative estimate of drug-likeness (QED) is 0.688. The molecule has 14 heavy (non-hydrogen) atoms. The average Bonchev–Trinajstić information content (AvgIpc) is 2.01. The molecule has 0 saturated carbocycles. The summed E-state index contributed by atoms with van der Waals surface area (Å²) in [7, 11) is 0. The Morgan fingerprint density at radius 3 is 2.14 bits per heavy atom. The molecule has 0 radical (unpaired) electrons. The molecule has 0 bridgehead atoms. The third kappa shape index (κ3) is 2.13. The number of ketones is 1. The summed E-state index contributed by atoms with van der Waals surface area (Å²) >= 11 is 0. The molecule has 0 aliphatic heterocycles. The number of benzene rings is 1. The summed E-state index contributed by atoms with van der Waals surface area (Å²) in [6, 6.07) is 1.01. The predicted octanol–water partition coefficient (Wildman–Crippen LogP) is 3.09. The van der Waals surface area contributed by atoms with Gasteiger partial charge in [0.2, 0.25) is 0 Å². The fraction of sp³-hybridized carbons (Fsp3) is 0.300. The van der Waals surface area contributed by atoms with Gasteiger partial charge in [0.1, 0.15) is 17.5 Å². The van der Waals surface area contributed by atoms with Gasteiger partial charge in [-0.25, -0.2) is 13.2 Å². The molecule has 0 aliphatic carbocycles. The zero-order valence-corrected chi connectivity index (χ0v) is 7.61. The molecule has 0 atom stereocenters. The van der Waals surface area contributed by atoms with E-state index < -0.39 is 28.8 Å². The van der Waals surface area contributed by atoms with Gasteiger partial charge in [0.15, 0.2) is 5.78 Å². The number of rotatable bonds is 3. The molecule has 4 heteroatoms. The minimum absolute atomic E-state index is 0.0550. The topological polar surface area (TPSA) is 17.1 Å². The van der Waals surface area contributed by atoms with Crippen molar-refractivity contribution in [1.82, 2.24) is 0 Å². The van der Waals surface area contributed by atoms with Crippen molar-refractivity contribution in [3.63, 3.8) is 0 Å². The molecule has 0 aromatic heterocycles. The highest BCUT2D eigenvalue weighted by atomic mass is 19.1. The monoisotopic (exact) mass is 202 g/mol. The molecule has 0 fully saturated rings. The maximum absolute atomic E-state index is 13.0. The van der Waals surface area contributed by atoms with Gasteiger partial charge in [0.25, 0.3) is 0 Å². The largest absolute Gasteiger partial charge is 0.294 e. The molecule has 1 rings (SSSR count). The van der Waals surface area contributed by atoms with Crippen LogP contribution in [0.3, 0.4) is 0 Å². The Kier molecular flexibility index (Phi) is 3.28. The van der Waals surface area contributed by atoms with Gasteiger partial charge in [-0.1, -0.05) is 6.92 Å². The van der Waals surface area contributed by atoms with Crippen LogP contribution < -0.4 is 0 Å². The Morgan fingerprint density at radius 2 is 1.71 bits per heavy atom. The summed E-state index contributed by atoms with van der Waals surface area (Å²) in [6.07, 6.45) is 0.550. The van der Waals surface area contributed by atoms with Gasteiger partial charge < -0.3 is 0 Å². The summed E-state index contributed by atoms with van der Waals surface area (Å²) in [4.78, 5) is 11.2. The maximum Gasteiger partial charge on any atom is 0.168 e. The average molecular weight is 202 g/mol. The van der Waals surface area contributed by atoms with Crippen LogP contribution in [-0.2, 0) is 0 Å². The first kappa shape index (κ1) is 10.8. The van der Waals surface area contributed by atoms with E-state index in [1.165, 1.54) is 0 Å². The van der Waals surface area contributed by atoms with Gasteiger partial charge in [-0.05, 0) is 6.42 Å². The van der Waals surface area contributed by atoms with Crippen LogP contribution in [-0.4, -0.2) is 5.78 Å². The molecule has 0 amide bonds. The van der Waals surface area contributed by atoms with Crippen LogP contribution in [0.15, 0.2) is 12.1 Å². The standard InChI is InChI=1S/C10H9F3O/c1-2-3-9(14)10-7(12)4-6(11)5-8(10)13/h4-5H,2-3H2,1H3. The third-order valence-corrected chi connectivity index (χ3v) is 1.76. The number of hydrogen-bond donors (Lipinski definition) is 0. The summed E-state index contributed by atoms with van der Waals surface area (Å²) in [5.41, 5.74) is -0.645.